The van der Waals surface area contributed by atoms with Crippen LogP contribution in [0, 0.1) is 0 Å². The molecule has 0 aliphatic rings. The fourth-order valence-corrected chi connectivity index (χ4v) is 3.58. The molecule has 0 aliphatic heterocycles. The van der Waals surface area contributed by atoms with Gasteiger partial charge in [0.15, 0.2) is 5.82 Å². The molecular formula is C26H26ClN7O2. The summed E-state index contributed by atoms with van der Waals surface area (Å²) < 4.78 is 0. The van der Waals surface area contributed by atoms with E-state index >= 15 is 0 Å². The molecule has 2 aromatic carbocycles. The molecule has 0 atom stereocenters. The van der Waals surface area contributed by atoms with Crippen LogP contribution in [0.2, 0.25) is 5.02 Å². The predicted molar refractivity (Wildman–Crippen MR) is 142 cm³/mol. The first-order chi connectivity index (χ1) is 17.5. The molecule has 0 radical (unpaired) electrons. The van der Waals surface area contributed by atoms with Gasteiger partial charge in [0.1, 0.15) is 17.3 Å². The molecular weight excluding hydrogens is 478 g/mol. The van der Waals surface area contributed by atoms with E-state index in [0.29, 0.717) is 54.4 Å². The topological polar surface area (TPSA) is 121 Å². The molecule has 0 fully saturated rings. The number of pyridine rings is 1. The van der Waals surface area contributed by atoms with Crippen LogP contribution in [0.25, 0.3) is 22.2 Å². The Kier molecular flexibility index (Phi) is 8.25. The Balaban J connectivity index is 1.38. The lowest BCUT2D eigenvalue weighted by Crippen LogP contribution is -2.29. The van der Waals surface area contributed by atoms with Gasteiger partial charge in [0.2, 0.25) is 5.91 Å². The van der Waals surface area contributed by atoms with Crippen LogP contribution < -0.4 is 21.3 Å². The summed E-state index contributed by atoms with van der Waals surface area (Å²) in [6, 6.07) is 18.6. The van der Waals surface area contributed by atoms with Crippen LogP contribution >= 0.6 is 11.6 Å². The number of amides is 2. The van der Waals surface area contributed by atoms with Crippen molar-refractivity contribution in [3.63, 3.8) is 0 Å². The van der Waals surface area contributed by atoms with Crippen molar-refractivity contribution >= 4 is 45.8 Å². The van der Waals surface area contributed by atoms with Crippen LogP contribution in [0.15, 0.2) is 66.9 Å². The number of nitrogens with zero attached hydrogens (tertiary/aromatic N) is 3. The molecule has 0 bridgehead atoms. The van der Waals surface area contributed by atoms with E-state index in [-0.39, 0.29) is 11.8 Å². The zero-order valence-electron chi connectivity index (χ0n) is 19.7. The minimum Gasteiger partial charge on any atom is -0.368 e. The van der Waals surface area contributed by atoms with Gasteiger partial charge in [0.25, 0.3) is 5.91 Å². The van der Waals surface area contributed by atoms with Gasteiger partial charge in [0, 0.05) is 61.3 Å². The van der Waals surface area contributed by atoms with Gasteiger partial charge in [0.05, 0.1) is 0 Å². The molecule has 4 N–H and O–H groups in total. The Morgan fingerprint density at radius 2 is 1.44 bits per heavy atom. The number of fused-ring (bicyclic) bond motifs is 1. The van der Waals surface area contributed by atoms with E-state index < -0.39 is 0 Å². The number of hydrogen-bond donors (Lipinski definition) is 4. The summed E-state index contributed by atoms with van der Waals surface area (Å²) in [5.41, 5.74) is 1.18. The highest BCUT2D eigenvalue weighted by molar-refractivity contribution is 6.30. The number of carbonyl (C=O) groups excluding carboxylic acids is 2. The van der Waals surface area contributed by atoms with Crippen molar-refractivity contribution in [1.82, 2.24) is 25.6 Å². The normalized spacial score (nSPS) is 10.6. The van der Waals surface area contributed by atoms with E-state index in [1.807, 2.05) is 36.4 Å². The van der Waals surface area contributed by atoms with E-state index in [4.69, 9.17) is 11.6 Å². The van der Waals surface area contributed by atoms with Crippen molar-refractivity contribution in [1.29, 1.82) is 0 Å². The van der Waals surface area contributed by atoms with E-state index in [0.717, 1.165) is 16.3 Å². The largest absolute Gasteiger partial charge is 0.368 e. The summed E-state index contributed by atoms with van der Waals surface area (Å²) in [7, 11) is 0. The highest BCUT2D eigenvalue weighted by Crippen LogP contribution is 2.22. The molecule has 184 valence electrons. The van der Waals surface area contributed by atoms with Crippen LogP contribution in [-0.2, 0) is 4.79 Å². The first-order valence-electron chi connectivity index (χ1n) is 11.5. The second-order valence-corrected chi connectivity index (χ2v) is 8.41. The highest BCUT2D eigenvalue weighted by Gasteiger charge is 2.09. The molecule has 0 aliphatic carbocycles. The molecule has 0 saturated carbocycles. The molecule has 2 amide bonds. The molecule has 4 aromatic rings. The van der Waals surface area contributed by atoms with Crippen molar-refractivity contribution in [3.8, 4) is 11.4 Å². The fraction of sp³-hybridized carbons (Fsp3) is 0.192. The van der Waals surface area contributed by atoms with Gasteiger partial charge in [-0.1, -0.05) is 35.9 Å². The molecule has 10 heteroatoms. The second kappa shape index (κ2) is 11.9. The van der Waals surface area contributed by atoms with Gasteiger partial charge < -0.3 is 21.3 Å². The number of benzene rings is 2. The number of anilines is 2. The summed E-state index contributed by atoms with van der Waals surface area (Å²) in [6.45, 7) is 3.26. The average molecular weight is 504 g/mol. The molecule has 4 rings (SSSR count). The van der Waals surface area contributed by atoms with E-state index in [9.17, 15) is 9.59 Å². The average Bonchev–Trinajstić information content (AvgIpc) is 2.89. The summed E-state index contributed by atoms with van der Waals surface area (Å²) >= 11 is 6.02. The Morgan fingerprint density at radius 3 is 2.11 bits per heavy atom. The Labute approximate surface area is 213 Å². The maximum Gasteiger partial charge on any atom is 0.269 e. The van der Waals surface area contributed by atoms with E-state index in [1.165, 1.54) is 6.92 Å². The quantitative estimate of drug-likeness (QED) is 0.243. The second-order valence-electron chi connectivity index (χ2n) is 7.98. The van der Waals surface area contributed by atoms with Gasteiger partial charge in [-0.3, -0.25) is 14.6 Å². The van der Waals surface area contributed by atoms with Crippen molar-refractivity contribution < 1.29 is 9.59 Å². The first-order valence-corrected chi connectivity index (χ1v) is 11.9. The molecule has 0 unspecified atom stereocenters. The zero-order valence-corrected chi connectivity index (χ0v) is 20.5. The van der Waals surface area contributed by atoms with E-state index in [2.05, 4.69) is 36.2 Å². The number of carbonyl (C=O) groups is 2. The predicted octanol–water partition coefficient (Wildman–Crippen LogP) is 3.74. The summed E-state index contributed by atoms with van der Waals surface area (Å²) in [6.07, 6.45) is 1.70. The summed E-state index contributed by atoms with van der Waals surface area (Å²) in [5, 5.41) is 14.6. The Hall–Kier alpha value is -4.24. The van der Waals surface area contributed by atoms with Crippen molar-refractivity contribution in [3.05, 3.63) is 77.6 Å². The van der Waals surface area contributed by atoms with Gasteiger partial charge in [-0.05, 0) is 35.7 Å². The third-order valence-electron chi connectivity index (χ3n) is 5.21. The number of halogens is 1. The number of rotatable bonds is 10. The molecule has 0 spiro atoms. The number of hydrogen-bond acceptors (Lipinski definition) is 7. The van der Waals surface area contributed by atoms with Crippen LogP contribution in [0.5, 0.6) is 0 Å². The lowest BCUT2D eigenvalue weighted by Gasteiger charge is -2.12. The van der Waals surface area contributed by atoms with Gasteiger partial charge in [-0.25, -0.2) is 9.97 Å². The fourth-order valence-electron chi connectivity index (χ4n) is 3.45. The van der Waals surface area contributed by atoms with Crippen LogP contribution in [0.1, 0.15) is 17.4 Å². The van der Waals surface area contributed by atoms with Crippen molar-refractivity contribution in [2.75, 3.05) is 36.8 Å². The van der Waals surface area contributed by atoms with Gasteiger partial charge >= 0.3 is 0 Å². The lowest BCUT2D eigenvalue weighted by molar-refractivity contribution is -0.118. The Morgan fingerprint density at radius 1 is 0.806 bits per heavy atom. The highest BCUT2D eigenvalue weighted by atomic mass is 35.5. The molecule has 0 saturated heterocycles. The van der Waals surface area contributed by atoms with Crippen molar-refractivity contribution in [2.24, 2.45) is 0 Å². The number of nitrogens with one attached hydrogen (secondary N) is 4. The Bertz CT molecular complexity index is 1360. The molecule has 2 aromatic heterocycles. The summed E-state index contributed by atoms with van der Waals surface area (Å²) in [4.78, 5) is 37.1. The molecule has 2 heterocycles. The molecule has 9 nitrogen and oxygen atoms in total. The van der Waals surface area contributed by atoms with E-state index in [1.54, 1.807) is 30.5 Å². The van der Waals surface area contributed by atoms with Gasteiger partial charge in [-0.15, -0.1) is 0 Å². The van der Waals surface area contributed by atoms with Gasteiger partial charge in [-0.2, -0.15) is 0 Å². The minimum absolute atomic E-state index is 0.0929. The van der Waals surface area contributed by atoms with Crippen LogP contribution in [0.4, 0.5) is 11.6 Å². The molecule has 36 heavy (non-hydrogen) atoms. The maximum absolute atomic E-state index is 12.5. The van der Waals surface area contributed by atoms with Crippen LogP contribution in [-0.4, -0.2) is 52.9 Å². The SMILES string of the molecule is CC(=O)NCCNc1cc(NCCNC(=O)c2cc3ccccc3cn2)nc(-c2ccc(Cl)cc2)n1. The monoisotopic (exact) mass is 503 g/mol. The zero-order chi connectivity index (χ0) is 25.3. The number of aromatic nitrogens is 3. The maximum atomic E-state index is 12.5. The smallest absolute Gasteiger partial charge is 0.269 e. The lowest BCUT2D eigenvalue weighted by atomic mass is 10.1. The third-order valence-corrected chi connectivity index (χ3v) is 5.47. The third kappa shape index (κ3) is 6.89. The first kappa shape index (κ1) is 24.9. The minimum atomic E-state index is -0.243. The van der Waals surface area contributed by atoms with Crippen molar-refractivity contribution in [2.45, 2.75) is 6.92 Å². The standard InChI is InChI=1S/C26H26ClN7O2/c1-17(35)28-10-11-29-23-15-24(34-25(33-23)18-6-8-21(27)9-7-18)30-12-13-31-26(36)22-14-19-4-2-3-5-20(19)16-32-22/h2-9,14-16H,10-13H2,1H3,(H,28,35)(H,31,36)(H2,29,30,33,34). The summed E-state index contributed by atoms with van der Waals surface area (Å²) in [5.74, 6) is 1.38. The van der Waals surface area contributed by atoms with Crippen LogP contribution in [0.3, 0.4) is 0 Å².